The van der Waals surface area contributed by atoms with Gasteiger partial charge in [0.1, 0.15) is 0 Å². The quantitative estimate of drug-likeness (QED) is 0.429. The zero-order valence-corrected chi connectivity index (χ0v) is 13.8. The van der Waals surface area contributed by atoms with Gasteiger partial charge in [-0.05, 0) is 25.7 Å². The first-order chi connectivity index (χ1) is 7.93. The first kappa shape index (κ1) is 16.0. The van der Waals surface area contributed by atoms with E-state index >= 15 is 0 Å². The van der Waals surface area contributed by atoms with Crippen LogP contribution in [-0.2, 0) is 9.84 Å². The highest BCUT2D eigenvalue weighted by Gasteiger charge is 2.51. The molecule has 0 amide bonds. The molecule has 0 aromatic heterocycles. The van der Waals surface area contributed by atoms with Gasteiger partial charge in [-0.2, -0.15) is 0 Å². The van der Waals surface area contributed by atoms with Gasteiger partial charge in [0.15, 0.2) is 15.8 Å². The average molecular weight is 387 g/mol. The zero-order valence-electron chi connectivity index (χ0n) is 10.7. The molecule has 0 aliphatic heterocycles. The van der Waals surface area contributed by atoms with Crippen LogP contribution >= 0.6 is 24.0 Å². The monoisotopic (exact) mass is 387 g/mol. The smallest absolute Gasteiger partial charge is 0.188 e. The number of hydrogen-bond donors (Lipinski definition) is 2. The Hall–Kier alpha value is -0.0500. The Morgan fingerprint density at radius 1 is 1.39 bits per heavy atom. The normalized spacial score (nSPS) is 23.5. The number of guanidine groups is 1. The minimum absolute atomic E-state index is 0. The molecule has 3 N–H and O–H groups in total. The van der Waals surface area contributed by atoms with Crippen LogP contribution < -0.4 is 11.1 Å². The zero-order chi connectivity index (χ0) is 12.5. The summed E-state index contributed by atoms with van der Waals surface area (Å²) in [6.45, 7) is 0.303. The Kier molecular flexibility index (Phi) is 5.28. The van der Waals surface area contributed by atoms with Crippen molar-refractivity contribution in [3.05, 3.63) is 0 Å². The van der Waals surface area contributed by atoms with Crippen LogP contribution in [0.1, 0.15) is 38.5 Å². The van der Waals surface area contributed by atoms with Crippen LogP contribution in [0.3, 0.4) is 0 Å². The molecule has 2 saturated carbocycles. The van der Waals surface area contributed by atoms with E-state index in [1.54, 1.807) is 0 Å². The fourth-order valence-electron chi connectivity index (χ4n) is 2.34. The summed E-state index contributed by atoms with van der Waals surface area (Å²) in [5.41, 5.74) is 5.78. The number of hydrogen-bond acceptors (Lipinski definition) is 3. The lowest BCUT2D eigenvalue weighted by Crippen LogP contribution is -2.39. The summed E-state index contributed by atoms with van der Waals surface area (Å²) in [6.07, 6.45) is 7.45. The molecular formula is C11H22IN3O2S. The number of aliphatic imine (C=N–C) groups is 1. The van der Waals surface area contributed by atoms with Crippen LogP contribution in [0.5, 0.6) is 0 Å². The third-order valence-corrected chi connectivity index (χ3v) is 5.95. The van der Waals surface area contributed by atoms with Crippen molar-refractivity contribution in [2.24, 2.45) is 10.7 Å². The van der Waals surface area contributed by atoms with E-state index in [9.17, 15) is 8.42 Å². The van der Waals surface area contributed by atoms with Gasteiger partial charge < -0.3 is 11.1 Å². The maximum absolute atomic E-state index is 11.5. The number of rotatable bonds is 4. The Morgan fingerprint density at radius 2 is 1.94 bits per heavy atom. The number of nitrogens with zero attached hydrogens (tertiary/aromatic N) is 1. The Labute approximate surface area is 126 Å². The van der Waals surface area contributed by atoms with Gasteiger partial charge in [0, 0.05) is 12.3 Å². The molecule has 0 aromatic rings. The average Bonchev–Trinajstić information content (AvgIpc) is 2.88. The molecular weight excluding hydrogens is 365 g/mol. The fraction of sp³-hybridized carbons (Fsp3) is 0.909. The third-order valence-electron chi connectivity index (χ3n) is 3.84. The molecule has 0 bridgehead atoms. The topological polar surface area (TPSA) is 84.5 Å². The standard InChI is InChI=1S/C11H21N3O2S.HI/c1-17(15,16)11(6-7-11)8-13-10(12)14-9-4-2-3-5-9;/h9H,2-8H2,1H3,(H3,12,13,14);1H. The Bertz CT molecular complexity index is 412. The van der Waals surface area contributed by atoms with E-state index in [0.29, 0.717) is 31.4 Å². The maximum atomic E-state index is 11.5. The second-order valence-corrected chi connectivity index (χ2v) is 7.69. The van der Waals surface area contributed by atoms with Crippen molar-refractivity contribution < 1.29 is 8.42 Å². The van der Waals surface area contributed by atoms with E-state index in [1.807, 2.05) is 0 Å². The lowest BCUT2D eigenvalue weighted by Gasteiger charge is -2.14. The lowest BCUT2D eigenvalue weighted by atomic mass is 10.2. The van der Waals surface area contributed by atoms with Crippen molar-refractivity contribution in [1.29, 1.82) is 0 Å². The molecule has 106 valence electrons. The highest BCUT2D eigenvalue weighted by atomic mass is 127. The summed E-state index contributed by atoms with van der Waals surface area (Å²) in [6, 6.07) is 0.423. The Morgan fingerprint density at radius 3 is 2.39 bits per heavy atom. The molecule has 5 nitrogen and oxygen atoms in total. The van der Waals surface area contributed by atoms with Crippen molar-refractivity contribution in [1.82, 2.24) is 5.32 Å². The van der Waals surface area contributed by atoms with Gasteiger partial charge in [-0.3, -0.25) is 4.99 Å². The van der Waals surface area contributed by atoms with Crippen molar-refractivity contribution in [2.75, 3.05) is 12.8 Å². The molecule has 2 rings (SSSR count). The van der Waals surface area contributed by atoms with E-state index in [4.69, 9.17) is 5.73 Å². The summed E-state index contributed by atoms with van der Waals surface area (Å²) in [7, 11) is -3.00. The largest absolute Gasteiger partial charge is 0.370 e. The van der Waals surface area contributed by atoms with Crippen LogP contribution in [0.2, 0.25) is 0 Å². The van der Waals surface area contributed by atoms with Gasteiger partial charge in [0.25, 0.3) is 0 Å². The molecule has 0 radical (unpaired) electrons. The van der Waals surface area contributed by atoms with E-state index in [2.05, 4.69) is 10.3 Å². The minimum Gasteiger partial charge on any atom is -0.370 e. The number of halogens is 1. The first-order valence-corrected chi connectivity index (χ1v) is 8.08. The highest BCUT2D eigenvalue weighted by Crippen LogP contribution is 2.43. The molecule has 0 spiro atoms. The van der Waals surface area contributed by atoms with Crippen LogP contribution in [0, 0.1) is 0 Å². The predicted molar refractivity (Wildman–Crippen MR) is 84.1 cm³/mol. The molecule has 7 heteroatoms. The second kappa shape index (κ2) is 5.94. The van der Waals surface area contributed by atoms with Gasteiger partial charge >= 0.3 is 0 Å². The molecule has 0 atom stereocenters. The molecule has 0 heterocycles. The molecule has 0 unspecified atom stereocenters. The van der Waals surface area contributed by atoms with E-state index in [-0.39, 0.29) is 24.0 Å². The lowest BCUT2D eigenvalue weighted by molar-refractivity contribution is 0.582. The van der Waals surface area contributed by atoms with Crippen LogP contribution in [0.4, 0.5) is 0 Å². The van der Waals surface area contributed by atoms with Gasteiger partial charge in [0.05, 0.1) is 11.3 Å². The molecule has 18 heavy (non-hydrogen) atoms. The summed E-state index contributed by atoms with van der Waals surface area (Å²) >= 11 is 0. The van der Waals surface area contributed by atoms with Crippen molar-refractivity contribution in [2.45, 2.75) is 49.3 Å². The summed E-state index contributed by atoms with van der Waals surface area (Å²) in [5.74, 6) is 0.395. The van der Waals surface area contributed by atoms with Crippen LogP contribution in [0.15, 0.2) is 4.99 Å². The van der Waals surface area contributed by atoms with Crippen molar-refractivity contribution >= 4 is 39.8 Å². The minimum atomic E-state index is -3.00. The first-order valence-electron chi connectivity index (χ1n) is 6.19. The summed E-state index contributed by atoms with van der Waals surface area (Å²) in [5, 5.41) is 3.16. The molecule has 0 saturated heterocycles. The SMILES string of the molecule is CS(=O)(=O)C1(CN=C(N)NC2CCCC2)CC1.I. The van der Waals surface area contributed by atoms with E-state index in [0.717, 1.165) is 12.8 Å². The molecule has 2 aliphatic carbocycles. The van der Waals surface area contributed by atoms with Gasteiger partial charge in [-0.15, -0.1) is 24.0 Å². The fourth-order valence-corrected chi connectivity index (χ4v) is 3.48. The van der Waals surface area contributed by atoms with Gasteiger partial charge in [-0.1, -0.05) is 12.8 Å². The van der Waals surface area contributed by atoms with E-state index < -0.39 is 14.6 Å². The molecule has 2 aliphatic rings. The number of nitrogens with two attached hydrogens (primary N) is 1. The van der Waals surface area contributed by atoms with Gasteiger partial charge in [-0.25, -0.2) is 8.42 Å². The third kappa shape index (κ3) is 3.72. The Balaban J connectivity index is 0.00000162. The second-order valence-electron chi connectivity index (χ2n) is 5.28. The van der Waals surface area contributed by atoms with Gasteiger partial charge in [0.2, 0.25) is 0 Å². The highest BCUT2D eigenvalue weighted by molar-refractivity contribution is 14.0. The summed E-state index contributed by atoms with van der Waals surface area (Å²) in [4.78, 5) is 4.19. The van der Waals surface area contributed by atoms with E-state index in [1.165, 1.54) is 19.1 Å². The van der Waals surface area contributed by atoms with Crippen molar-refractivity contribution in [3.8, 4) is 0 Å². The van der Waals surface area contributed by atoms with Crippen LogP contribution in [0.25, 0.3) is 0 Å². The maximum Gasteiger partial charge on any atom is 0.188 e. The molecule has 2 fully saturated rings. The summed E-state index contributed by atoms with van der Waals surface area (Å²) < 4.78 is 22.5. The number of sulfone groups is 1. The predicted octanol–water partition coefficient (Wildman–Crippen LogP) is 1.03. The van der Waals surface area contributed by atoms with Crippen molar-refractivity contribution in [3.63, 3.8) is 0 Å². The number of nitrogens with one attached hydrogen (secondary N) is 1. The molecule has 0 aromatic carbocycles. The van der Waals surface area contributed by atoms with Crippen LogP contribution in [-0.4, -0.2) is 38.0 Å².